The van der Waals surface area contributed by atoms with Crippen LogP contribution in [0.2, 0.25) is 0 Å². The Bertz CT molecular complexity index is 1040. The Kier molecular flexibility index (Phi) is 7.85. The molecular formula is C24H25ClN2O3S. The second kappa shape index (κ2) is 10.6. The zero-order chi connectivity index (χ0) is 20.9. The van der Waals surface area contributed by atoms with Gasteiger partial charge in [-0.25, -0.2) is 4.79 Å². The van der Waals surface area contributed by atoms with E-state index in [2.05, 4.69) is 22.3 Å². The number of carbonyl (C=O) groups excluding carboxylic acids is 2. The molecule has 0 radical (unpaired) electrons. The van der Waals surface area contributed by atoms with Gasteiger partial charge in [-0.15, -0.1) is 23.7 Å². The third-order valence-electron chi connectivity index (χ3n) is 5.13. The fraction of sp³-hybridized carbons (Fsp3) is 0.250. The number of amides is 1. The topological polar surface area (TPSA) is 58.6 Å². The van der Waals surface area contributed by atoms with Crippen molar-refractivity contribution in [1.29, 1.82) is 0 Å². The van der Waals surface area contributed by atoms with E-state index in [-0.39, 0.29) is 24.3 Å². The number of ether oxygens (including phenoxy) is 1. The van der Waals surface area contributed by atoms with Crippen LogP contribution in [-0.4, -0.2) is 29.9 Å². The number of rotatable bonds is 6. The van der Waals surface area contributed by atoms with Crippen molar-refractivity contribution in [2.45, 2.75) is 26.4 Å². The molecule has 0 fully saturated rings. The minimum atomic E-state index is -0.366. The van der Waals surface area contributed by atoms with Crippen molar-refractivity contribution >= 4 is 40.6 Å². The van der Waals surface area contributed by atoms with E-state index in [1.807, 2.05) is 36.4 Å². The van der Waals surface area contributed by atoms with Gasteiger partial charge in [0.05, 0.1) is 12.2 Å². The van der Waals surface area contributed by atoms with Crippen molar-refractivity contribution in [1.82, 2.24) is 4.90 Å². The number of nitrogens with zero attached hydrogens (tertiary/aromatic N) is 1. The van der Waals surface area contributed by atoms with Gasteiger partial charge in [0.15, 0.2) is 0 Å². The molecule has 31 heavy (non-hydrogen) atoms. The summed E-state index contributed by atoms with van der Waals surface area (Å²) in [5, 5.41) is 3.53. The molecule has 7 heteroatoms. The normalized spacial score (nSPS) is 13.1. The molecule has 0 bridgehead atoms. The smallest absolute Gasteiger partial charge is 0.341 e. The SMILES string of the molecule is CCOC(=O)c1c(NC(=O)c2ccccc2)sc2c1CCN(Cc1ccccc1)C2.Cl. The fourth-order valence-corrected chi connectivity index (χ4v) is 4.98. The lowest BCUT2D eigenvalue weighted by molar-refractivity contribution is 0.0526. The van der Waals surface area contributed by atoms with Crippen LogP contribution < -0.4 is 5.32 Å². The van der Waals surface area contributed by atoms with Crippen LogP contribution >= 0.6 is 23.7 Å². The average Bonchev–Trinajstić information content (AvgIpc) is 3.12. The molecule has 3 aromatic rings. The van der Waals surface area contributed by atoms with Gasteiger partial charge in [0.2, 0.25) is 0 Å². The highest BCUT2D eigenvalue weighted by atomic mass is 35.5. The van der Waals surface area contributed by atoms with Gasteiger partial charge in [0.1, 0.15) is 5.00 Å². The molecule has 162 valence electrons. The first-order valence-corrected chi connectivity index (χ1v) is 10.9. The van der Waals surface area contributed by atoms with Crippen molar-refractivity contribution in [3.05, 3.63) is 87.8 Å². The first-order chi connectivity index (χ1) is 14.7. The number of carbonyl (C=O) groups is 2. The highest BCUT2D eigenvalue weighted by Crippen LogP contribution is 2.38. The maximum absolute atomic E-state index is 12.7. The van der Waals surface area contributed by atoms with E-state index in [4.69, 9.17) is 4.74 Å². The maximum Gasteiger partial charge on any atom is 0.341 e. The van der Waals surface area contributed by atoms with E-state index in [1.54, 1.807) is 19.1 Å². The number of hydrogen-bond acceptors (Lipinski definition) is 5. The van der Waals surface area contributed by atoms with Crippen molar-refractivity contribution in [3.8, 4) is 0 Å². The first-order valence-electron chi connectivity index (χ1n) is 10.1. The minimum Gasteiger partial charge on any atom is -0.462 e. The van der Waals surface area contributed by atoms with Crippen LogP contribution in [0.15, 0.2) is 60.7 Å². The van der Waals surface area contributed by atoms with Gasteiger partial charge in [0.25, 0.3) is 5.91 Å². The molecule has 1 N–H and O–H groups in total. The summed E-state index contributed by atoms with van der Waals surface area (Å²) in [4.78, 5) is 28.9. The molecule has 5 nitrogen and oxygen atoms in total. The predicted octanol–water partition coefficient (Wildman–Crippen LogP) is 5.16. The molecule has 0 aliphatic carbocycles. The van der Waals surface area contributed by atoms with E-state index < -0.39 is 0 Å². The van der Waals surface area contributed by atoms with E-state index >= 15 is 0 Å². The van der Waals surface area contributed by atoms with Gasteiger partial charge in [-0.05, 0) is 36.6 Å². The molecule has 0 unspecified atom stereocenters. The Morgan fingerprint density at radius 3 is 2.42 bits per heavy atom. The molecule has 1 amide bonds. The zero-order valence-electron chi connectivity index (χ0n) is 17.3. The van der Waals surface area contributed by atoms with E-state index in [9.17, 15) is 9.59 Å². The molecule has 1 aliphatic heterocycles. The van der Waals surface area contributed by atoms with E-state index in [1.165, 1.54) is 16.9 Å². The molecule has 0 spiro atoms. The molecule has 0 saturated carbocycles. The Balaban J connectivity index is 0.00000272. The number of thiophene rings is 1. The summed E-state index contributed by atoms with van der Waals surface area (Å²) in [6.07, 6.45) is 0.758. The van der Waals surface area contributed by atoms with Crippen molar-refractivity contribution in [2.75, 3.05) is 18.5 Å². The second-order valence-corrected chi connectivity index (χ2v) is 8.30. The van der Waals surface area contributed by atoms with E-state index in [0.717, 1.165) is 36.5 Å². The molecule has 0 atom stereocenters. The quantitative estimate of drug-likeness (QED) is 0.520. The Morgan fingerprint density at radius 2 is 1.74 bits per heavy atom. The number of hydrogen-bond donors (Lipinski definition) is 1. The number of fused-ring (bicyclic) bond motifs is 1. The van der Waals surface area contributed by atoms with Crippen LogP contribution in [-0.2, 0) is 24.2 Å². The maximum atomic E-state index is 12.7. The Morgan fingerprint density at radius 1 is 1.06 bits per heavy atom. The summed E-state index contributed by atoms with van der Waals surface area (Å²) in [6.45, 7) is 4.56. The summed E-state index contributed by atoms with van der Waals surface area (Å²) in [6, 6.07) is 19.4. The fourth-order valence-electron chi connectivity index (χ4n) is 3.71. The summed E-state index contributed by atoms with van der Waals surface area (Å²) < 4.78 is 5.31. The van der Waals surface area contributed by atoms with Gasteiger partial charge in [-0.2, -0.15) is 0 Å². The Hall–Kier alpha value is -2.67. The molecule has 4 rings (SSSR count). The summed E-state index contributed by atoms with van der Waals surface area (Å²) >= 11 is 1.48. The molecule has 0 saturated heterocycles. The van der Waals surface area contributed by atoms with Crippen LogP contribution in [0.5, 0.6) is 0 Å². The van der Waals surface area contributed by atoms with Gasteiger partial charge in [0, 0.05) is 30.1 Å². The lowest BCUT2D eigenvalue weighted by atomic mass is 10.0. The monoisotopic (exact) mass is 456 g/mol. The lowest BCUT2D eigenvalue weighted by Crippen LogP contribution is -2.29. The van der Waals surface area contributed by atoms with Gasteiger partial charge < -0.3 is 10.1 Å². The Labute approximate surface area is 192 Å². The lowest BCUT2D eigenvalue weighted by Gasteiger charge is -2.27. The predicted molar refractivity (Wildman–Crippen MR) is 126 cm³/mol. The average molecular weight is 457 g/mol. The first kappa shape index (κ1) is 23.0. The van der Waals surface area contributed by atoms with Crippen LogP contribution in [0.4, 0.5) is 5.00 Å². The highest BCUT2D eigenvalue weighted by Gasteiger charge is 2.29. The number of anilines is 1. The molecule has 1 aromatic heterocycles. The second-order valence-electron chi connectivity index (χ2n) is 7.19. The number of halogens is 1. The van der Waals surface area contributed by atoms with E-state index in [0.29, 0.717) is 22.7 Å². The van der Waals surface area contributed by atoms with Crippen LogP contribution in [0.1, 0.15) is 43.6 Å². The summed E-state index contributed by atoms with van der Waals surface area (Å²) in [7, 11) is 0. The van der Waals surface area contributed by atoms with Crippen LogP contribution in [0.3, 0.4) is 0 Å². The standard InChI is InChI=1S/C24H24N2O3S.ClH/c1-2-29-24(28)21-19-13-14-26(15-17-9-5-3-6-10-17)16-20(19)30-23(21)25-22(27)18-11-7-4-8-12-18;/h3-12H,2,13-16H2,1H3,(H,25,27);1H. The van der Waals surface area contributed by atoms with Gasteiger partial charge in [-0.3, -0.25) is 9.69 Å². The number of benzene rings is 2. The van der Waals surface area contributed by atoms with Gasteiger partial charge in [-0.1, -0.05) is 48.5 Å². The van der Waals surface area contributed by atoms with Gasteiger partial charge >= 0.3 is 5.97 Å². The van der Waals surface area contributed by atoms with Crippen molar-refractivity contribution < 1.29 is 14.3 Å². The molecule has 2 heterocycles. The molecule has 1 aliphatic rings. The zero-order valence-corrected chi connectivity index (χ0v) is 18.9. The summed E-state index contributed by atoms with van der Waals surface area (Å²) in [5.74, 6) is -0.587. The highest BCUT2D eigenvalue weighted by molar-refractivity contribution is 7.17. The minimum absolute atomic E-state index is 0. The van der Waals surface area contributed by atoms with Crippen LogP contribution in [0, 0.1) is 0 Å². The number of nitrogens with one attached hydrogen (secondary N) is 1. The largest absolute Gasteiger partial charge is 0.462 e. The molecular weight excluding hydrogens is 432 g/mol. The van der Waals surface area contributed by atoms with Crippen LogP contribution in [0.25, 0.3) is 0 Å². The third kappa shape index (κ3) is 5.34. The number of esters is 1. The van der Waals surface area contributed by atoms with Crippen molar-refractivity contribution in [3.63, 3.8) is 0 Å². The van der Waals surface area contributed by atoms with Crippen molar-refractivity contribution in [2.24, 2.45) is 0 Å². The third-order valence-corrected chi connectivity index (χ3v) is 6.26. The molecule has 2 aromatic carbocycles. The summed E-state index contributed by atoms with van der Waals surface area (Å²) in [5.41, 5.74) is 3.34.